The van der Waals surface area contributed by atoms with E-state index >= 15 is 0 Å². The molecular weight excluding hydrogens is 252 g/mol. The summed E-state index contributed by atoms with van der Waals surface area (Å²) in [7, 11) is 0. The van der Waals surface area contributed by atoms with E-state index in [1.165, 1.54) is 63.5 Å². The summed E-state index contributed by atoms with van der Waals surface area (Å²) >= 11 is 0. The van der Waals surface area contributed by atoms with Gasteiger partial charge in [-0.3, -0.25) is 4.79 Å². The van der Waals surface area contributed by atoms with Crippen molar-refractivity contribution in [2.45, 2.75) is 89.9 Å². The number of ketones is 1. The summed E-state index contributed by atoms with van der Waals surface area (Å²) < 4.78 is 5.20. The molecule has 1 heterocycles. The van der Waals surface area contributed by atoms with Gasteiger partial charge in [-0.2, -0.15) is 0 Å². The molecule has 3 heteroatoms. The van der Waals surface area contributed by atoms with Crippen molar-refractivity contribution < 1.29 is 14.6 Å². The molecule has 1 rings (SSSR count). The Kier molecular flexibility index (Phi) is 9.60. The van der Waals surface area contributed by atoms with Gasteiger partial charge in [0, 0.05) is 0 Å². The van der Waals surface area contributed by atoms with Gasteiger partial charge in [-0.25, -0.2) is 0 Å². The standard InChI is InChI=1S/C17H30O3/c1-2-3-4-5-6-7-8-9-10-11-12-16-15(18)13-14-17(19)20-16/h13-14,16-17,19H,2-12H2,1H3/t16-,17?/m1/s1. The molecule has 0 aliphatic carbocycles. The van der Waals surface area contributed by atoms with E-state index in [1.807, 2.05) is 0 Å². The number of aliphatic hydroxyl groups is 1. The Hall–Kier alpha value is -0.670. The lowest BCUT2D eigenvalue weighted by Gasteiger charge is -2.21. The zero-order valence-corrected chi connectivity index (χ0v) is 12.9. The second-order valence-electron chi connectivity index (χ2n) is 5.75. The van der Waals surface area contributed by atoms with Crippen LogP contribution in [0.15, 0.2) is 12.2 Å². The van der Waals surface area contributed by atoms with Crippen molar-refractivity contribution in [2.24, 2.45) is 0 Å². The van der Waals surface area contributed by atoms with Gasteiger partial charge in [0.15, 0.2) is 12.1 Å². The minimum absolute atomic E-state index is 0.00813. The van der Waals surface area contributed by atoms with Gasteiger partial charge in [-0.15, -0.1) is 0 Å². The first-order valence-corrected chi connectivity index (χ1v) is 8.29. The van der Waals surface area contributed by atoms with E-state index in [4.69, 9.17) is 4.74 Å². The zero-order chi connectivity index (χ0) is 14.6. The molecule has 0 bridgehead atoms. The Labute approximate surface area is 123 Å². The van der Waals surface area contributed by atoms with Gasteiger partial charge in [0.05, 0.1) is 0 Å². The van der Waals surface area contributed by atoms with Crippen LogP contribution in [0.2, 0.25) is 0 Å². The van der Waals surface area contributed by atoms with E-state index in [9.17, 15) is 9.90 Å². The maximum atomic E-state index is 11.5. The normalized spacial score (nSPS) is 22.4. The quantitative estimate of drug-likeness (QED) is 0.579. The molecule has 1 N–H and O–H groups in total. The van der Waals surface area contributed by atoms with Crippen LogP contribution in [0.1, 0.15) is 77.6 Å². The molecule has 0 saturated carbocycles. The van der Waals surface area contributed by atoms with Gasteiger partial charge in [-0.05, 0) is 18.6 Å². The summed E-state index contributed by atoms with van der Waals surface area (Å²) in [4.78, 5) is 11.5. The lowest BCUT2D eigenvalue weighted by atomic mass is 10.0. The summed E-state index contributed by atoms with van der Waals surface area (Å²) in [5.74, 6) is -0.00813. The average Bonchev–Trinajstić information content (AvgIpc) is 2.44. The van der Waals surface area contributed by atoms with Crippen molar-refractivity contribution in [3.63, 3.8) is 0 Å². The van der Waals surface area contributed by atoms with Crippen LogP contribution in [0.3, 0.4) is 0 Å². The van der Waals surface area contributed by atoms with Crippen LogP contribution in [-0.4, -0.2) is 23.3 Å². The molecule has 0 radical (unpaired) electrons. The first-order valence-electron chi connectivity index (χ1n) is 8.29. The predicted molar refractivity (Wildman–Crippen MR) is 81.5 cm³/mol. The molecule has 0 aromatic rings. The smallest absolute Gasteiger partial charge is 0.184 e. The van der Waals surface area contributed by atoms with E-state index in [2.05, 4.69) is 6.92 Å². The van der Waals surface area contributed by atoms with E-state index in [0.717, 1.165) is 19.3 Å². The molecule has 1 unspecified atom stereocenters. The first-order chi connectivity index (χ1) is 9.74. The number of hydrogen-bond acceptors (Lipinski definition) is 3. The summed E-state index contributed by atoms with van der Waals surface area (Å²) in [5.41, 5.74) is 0. The summed E-state index contributed by atoms with van der Waals surface area (Å²) in [6, 6.07) is 0. The molecule has 0 aromatic carbocycles. The lowest BCUT2D eigenvalue weighted by Crippen LogP contribution is -2.31. The largest absolute Gasteiger partial charge is 0.365 e. The number of aliphatic hydroxyl groups excluding tert-OH is 1. The Morgan fingerprint density at radius 1 is 1.00 bits per heavy atom. The zero-order valence-electron chi connectivity index (χ0n) is 12.9. The summed E-state index contributed by atoms with van der Waals surface area (Å²) in [6.45, 7) is 2.25. The fraction of sp³-hybridized carbons (Fsp3) is 0.824. The van der Waals surface area contributed by atoms with Crippen molar-refractivity contribution in [3.8, 4) is 0 Å². The highest BCUT2D eigenvalue weighted by atomic mass is 16.6. The van der Waals surface area contributed by atoms with Crippen molar-refractivity contribution in [1.82, 2.24) is 0 Å². The van der Waals surface area contributed by atoms with Crippen LogP contribution < -0.4 is 0 Å². The molecule has 0 spiro atoms. The van der Waals surface area contributed by atoms with Crippen LogP contribution in [0.4, 0.5) is 0 Å². The fourth-order valence-corrected chi connectivity index (χ4v) is 2.59. The van der Waals surface area contributed by atoms with Gasteiger partial charge in [0.2, 0.25) is 0 Å². The average molecular weight is 282 g/mol. The Bertz CT molecular complexity index is 286. The molecule has 1 aliphatic heterocycles. The van der Waals surface area contributed by atoms with Crippen LogP contribution in [-0.2, 0) is 9.53 Å². The van der Waals surface area contributed by atoms with Crippen LogP contribution in [0.25, 0.3) is 0 Å². The molecule has 2 atom stereocenters. The predicted octanol–water partition coefficient (Wildman–Crippen LogP) is 4.14. The van der Waals surface area contributed by atoms with Crippen molar-refractivity contribution in [3.05, 3.63) is 12.2 Å². The molecule has 3 nitrogen and oxygen atoms in total. The number of ether oxygens (including phenoxy) is 1. The highest BCUT2D eigenvalue weighted by Gasteiger charge is 2.22. The number of rotatable bonds is 11. The van der Waals surface area contributed by atoms with E-state index in [1.54, 1.807) is 0 Å². The fourth-order valence-electron chi connectivity index (χ4n) is 2.59. The van der Waals surface area contributed by atoms with Crippen molar-refractivity contribution in [1.29, 1.82) is 0 Å². The van der Waals surface area contributed by atoms with Gasteiger partial charge < -0.3 is 9.84 Å². The maximum Gasteiger partial charge on any atom is 0.184 e. The highest BCUT2D eigenvalue weighted by Crippen LogP contribution is 2.16. The Morgan fingerprint density at radius 2 is 1.55 bits per heavy atom. The molecule has 0 aromatic heterocycles. The van der Waals surface area contributed by atoms with Crippen LogP contribution >= 0.6 is 0 Å². The van der Waals surface area contributed by atoms with Gasteiger partial charge >= 0.3 is 0 Å². The van der Waals surface area contributed by atoms with Crippen LogP contribution in [0, 0.1) is 0 Å². The molecule has 0 saturated heterocycles. The third kappa shape index (κ3) is 7.81. The number of unbranched alkanes of at least 4 members (excludes halogenated alkanes) is 9. The van der Waals surface area contributed by atoms with E-state index in [-0.39, 0.29) is 5.78 Å². The monoisotopic (exact) mass is 282 g/mol. The van der Waals surface area contributed by atoms with Gasteiger partial charge in [0.25, 0.3) is 0 Å². The van der Waals surface area contributed by atoms with E-state index < -0.39 is 12.4 Å². The molecule has 116 valence electrons. The van der Waals surface area contributed by atoms with E-state index in [0.29, 0.717) is 0 Å². The number of carbonyl (C=O) groups excluding carboxylic acids is 1. The molecule has 0 amide bonds. The maximum absolute atomic E-state index is 11.5. The lowest BCUT2D eigenvalue weighted by molar-refractivity contribution is -0.149. The molecule has 0 fully saturated rings. The number of hydrogen-bond donors (Lipinski definition) is 1. The summed E-state index contributed by atoms with van der Waals surface area (Å²) in [5, 5.41) is 9.30. The minimum Gasteiger partial charge on any atom is -0.365 e. The SMILES string of the molecule is CCCCCCCCCCCC[C@H]1OC(O)C=CC1=O. The third-order valence-corrected chi connectivity index (χ3v) is 3.87. The van der Waals surface area contributed by atoms with Crippen molar-refractivity contribution >= 4 is 5.78 Å². The Balaban J connectivity index is 1.90. The topological polar surface area (TPSA) is 46.5 Å². The van der Waals surface area contributed by atoms with Crippen LogP contribution in [0.5, 0.6) is 0 Å². The molecule has 1 aliphatic rings. The second-order valence-corrected chi connectivity index (χ2v) is 5.75. The molecular formula is C17H30O3. The summed E-state index contributed by atoms with van der Waals surface area (Å²) in [6.07, 6.45) is 15.1. The number of carbonyl (C=O) groups is 1. The Morgan fingerprint density at radius 3 is 2.15 bits per heavy atom. The highest BCUT2D eigenvalue weighted by molar-refractivity contribution is 5.94. The van der Waals surface area contributed by atoms with Crippen molar-refractivity contribution in [2.75, 3.05) is 0 Å². The minimum atomic E-state index is -0.902. The van der Waals surface area contributed by atoms with Gasteiger partial charge in [-0.1, -0.05) is 71.1 Å². The second kappa shape index (κ2) is 11.0. The first kappa shape index (κ1) is 17.4. The van der Waals surface area contributed by atoms with Gasteiger partial charge in [0.1, 0.15) is 6.10 Å². The third-order valence-electron chi connectivity index (χ3n) is 3.87. The molecule has 20 heavy (non-hydrogen) atoms.